The van der Waals surface area contributed by atoms with Gasteiger partial charge in [-0.05, 0) is 61.2 Å². The Morgan fingerprint density at radius 3 is 2.53 bits per heavy atom. The van der Waals surface area contributed by atoms with Gasteiger partial charge < -0.3 is 5.32 Å². The van der Waals surface area contributed by atoms with Gasteiger partial charge in [0.05, 0.1) is 0 Å². The molecule has 1 aliphatic heterocycles. The number of fused-ring (bicyclic) bond motifs is 1. The first-order valence-electron chi connectivity index (χ1n) is 6.64. The van der Waals surface area contributed by atoms with Gasteiger partial charge in [-0.1, -0.05) is 12.1 Å². The molecule has 0 unspecified atom stereocenters. The minimum absolute atomic E-state index is 0.109. The van der Waals surface area contributed by atoms with E-state index in [1.807, 2.05) is 43.3 Å². The van der Waals surface area contributed by atoms with Crippen molar-refractivity contribution < 1.29 is 4.79 Å². The fourth-order valence-corrected chi connectivity index (χ4v) is 2.50. The van der Waals surface area contributed by atoms with Crippen molar-refractivity contribution in [2.75, 3.05) is 11.9 Å². The van der Waals surface area contributed by atoms with E-state index >= 15 is 0 Å². The van der Waals surface area contributed by atoms with Gasteiger partial charge in [-0.15, -0.1) is 0 Å². The van der Waals surface area contributed by atoms with Crippen LogP contribution in [0.25, 0.3) is 0 Å². The summed E-state index contributed by atoms with van der Waals surface area (Å²) < 4.78 is 0. The quantitative estimate of drug-likeness (QED) is 0.828. The fraction of sp³-hybridized carbons (Fsp3) is 0.235. The summed E-state index contributed by atoms with van der Waals surface area (Å²) in [4.78, 5) is 12.5. The molecule has 96 valence electrons. The van der Waals surface area contributed by atoms with E-state index in [9.17, 15) is 4.79 Å². The number of benzene rings is 2. The zero-order valence-corrected chi connectivity index (χ0v) is 11.3. The highest BCUT2D eigenvalue weighted by molar-refractivity contribution is 6.09. The molecule has 0 amide bonds. The summed E-state index contributed by atoms with van der Waals surface area (Å²) in [6.45, 7) is 5.07. The topological polar surface area (TPSA) is 29.1 Å². The lowest BCUT2D eigenvalue weighted by Crippen LogP contribution is -2.02. The molecule has 19 heavy (non-hydrogen) atoms. The molecule has 1 N–H and O–H groups in total. The van der Waals surface area contributed by atoms with E-state index in [1.54, 1.807) is 0 Å². The van der Waals surface area contributed by atoms with Crippen LogP contribution in [0.5, 0.6) is 0 Å². The average molecular weight is 251 g/mol. The second-order valence-corrected chi connectivity index (χ2v) is 5.18. The summed E-state index contributed by atoms with van der Waals surface area (Å²) in [6, 6.07) is 11.8. The van der Waals surface area contributed by atoms with Crippen LogP contribution in [-0.4, -0.2) is 12.3 Å². The Hall–Kier alpha value is -2.09. The van der Waals surface area contributed by atoms with Crippen molar-refractivity contribution in [3.63, 3.8) is 0 Å². The number of rotatable bonds is 2. The van der Waals surface area contributed by atoms with E-state index in [4.69, 9.17) is 0 Å². The van der Waals surface area contributed by atoms with Crippen LogP contribution < -0.4 is 5.32 Å². The van der Waals surface area contributed by atoms with Gasteiger partial charge in [-0.2, -0.15) is 0 Å². The molecular formula is C17H17NO. The summed E-state index contributed by atoms with van der Waals surface area (Å²) in [5, 5.41) is 3.31. The molecule has 2 aromatic carbocycles. The van der Waals surface area contributed by atoms with E-state index in [-0.39, 0.29) is 5.78 Å². The third kappa shape index (κ3) is 2.14. The standard InChI is InChI=1S/C17H17NO/c1-11-3-4-14(9-12(11)2)17(19)15-5-6-16-13(10-15)7-8-18-16/h3-6,9-10,18H,7-8H2,1-2H3. The highest BCUT2D eigenvalue weighted by Crippen LogP contribution is 2.24. The van der Waals surface area contributed by atoms with Gasteiger partial charge in [0.2, 0.25) is 0 Å². The average Bonchev–Trinajstić information content (AvgIpc) is 2.88. The molecule has 2 nitrogen and oxygen atoms in total. The van der Waals surface area contributed by atoms with E-state index in [0.29, 0.717) is 0 Å². The van der Waals surface area contributed by atoms with Gasteiger partial charge in [0.15, 0.2) is 5.78 Å². The molecule has 0 aromatic heterocycles. The van der Waals surface area contributed by atoms with Crippen LogP contribution in [0.1, 0.15) is 32.6 Å². The molecule has 0 radical (unpaired) electrons. The molecule has 2 heteroatoms. The zero-order valence-electron chi connectivity index (χ0n) is 11.3. The summed E-state index contributed by atoms with van der Waals surface area (Å²) in [7, 11) is 0. The van der Waals surface area contributed by atoms with E-state index in [0.717, 1.165) is 35.3 Å². The lowest BCUT2D eigenvalue weighted by Gasteiger charge is -2.06. The van der Waals surface area contributed by atoms with Crippen molar-refractivity contribution in [1.82, 2.24) is 0 Å². The van der Waals surface area contributed by atoms with Gasteiger partial charge in [0, 0.05) is 23.4 Å². The fourth-order valence-electron chi connectivity index (χ4n) is 2.50. The third-order valence-corrected chi connectivity index (χ3v) is 3.85. The second-order valence-electron chi connectivity index (χ2n) is 5.18. The molecule has 3 rings (SSSR count). The highest BCUT2D eigenvalue weighted by atomic mass is 16.1. The maximum absolute atomic E-state index is 12.5. The molecular weight excluding hydrogens is 234 g/mol. The summed E-state index contributed by atoms with van der Waals surface area (Å²) in [5.74, 6) is 0.109. The van der Waals surface area contributed by atoms with Crippen molar-refractivity contribution in [2.45, 2.75) is 20.3 Å². The first kappa shape index (κ1) is 12.0. The number of hydrogen-bond acceptors (Lipinski definition) is 2. The minimum atomic E-state index is 0.109. The lowest BCUT2D eigenvalue weighted by atomic mass is 9.97. The number of aryl methyl sites for hydroxylation is 2. The Bertz CT molecular complexity index is 658. The lowest BCUT2D eigenvalue weighted by molar-refractivity contribution is 0.103. The van der Waals surface area contributed by atoms with Gasteiger partial charge in [0.25, 0.3) is 0 Å². The van der Waals surface area contributed by atoms with E-state index < -0.39 is 0 Å². The minimum Gasteiger partial charge on any atom is -0.384 e. The number of ketones is 1. The molecule has 0 saturated carbocycles. The highest BCUT2D eigenvalue weighted by Gasteiger charge is 2.15. The predicted molar refractivity (Wildman–Crippen MR) is 78.0 cm³/mol. The molecule has 0 aliphatic carbocycles. The van der Waals surface area contributed by atoms with Gasteiger partial charge in [-0.3, -0.25) is 4.79 Å². The first-order chi connectivity index (χ1) is 9.15. The molecule has 2 aromatic rings. The van der Waals surface area contributed by atoms with Gasteiger partial charge in [-0.25, -0.2) is 0 Å². The van der Waals surface area contributed by atoms with Crippen LogP contribution in [0.15, 0.2) is 36.4 Å². The van der Waals surface area contributed by atoms with Gasteiger partial charge in [0.1, 0.15) is 0 Å². The third-order valence-electron chi connectivity index (χ3n) is 3.85. The largest absolute Gasteiger partial charge is 0.384 e. The van der Waals surface area contributed by atoms with Crippen molar-refractivity contribution in [1.29, 1.82) is 0 Å². The molecule has 0 saturated heterocycles. The molecule has 0 spiro atoms. The Kier molecular flexibility index (Phi) is 2.86. The van der Waals surface area contributed by atoms with Crippen LogP contribution in [-0.2, 0) is 6.42 Å². The normalized spacial score (nSPS) is 12.9. The van der Waals surface area contributed by atoms with Crippen LogP contribution in [0.2, 0.25) is 0 Å². The van der Waals surface area contributed by atoms with E-state index in [2.05, 4.69) is 12.2 Å². The maximum atomic E-state index is 12.5. The Morgan fingerprint density at radius 2 is 1.74 bits per heavy atom. The van der Waals surface area contributed by atoms with Crippen LogP contribution in [0.3, 0.4) is 0 Å². The van der Waals surface area contributed by atoms with Crippen LogP contribution >= 0.6 is 0 Å². The number of hydrogen-bond donors (Lipinski definition) is 1. The van der Waals surface area contributed by atoms with Crippen molar-refractivity contribution >= 4 is 11.5 Å². The molecule has 0 atom stereocenters. The monoisotopic (exact) mass is 251 g/mol. The SMILES string of the molecule is Cc1ccc(C(=O)c2ccc3c(c2)CCN3)cc1C. The second kappa shape index (κ2) is 4.54. The van der Waals surface area contributed by atoms with Crippen LogP contribution in [0.4, 0.5) is 5.69 Å². The number of nitrogens with one attached hydrogen (secondary N) is 1. The predicted octanol–water partition coefficient (Wildman–Crippen LogP) is 3.50. The number of anilines is 1. The first-order valence-corrected chi connectivity index (χ1v) is 6.64. The molecule has 0 bridgehead atoms. The summed E-state index contributed by atoms with van der Waals surface area (Å²) in [5.41, 5.74) is 6.34. The summed E-state index contributed by atoms with van der Waals surface area (Å²) in [6.07, 6.45) is 1.00. The Labute approximate surface area is 113 Å². The molecule has 1 aliphatic rings. The Morgan fingerprint density at radius 1 is 1.00 bits per heavy atom. The van der Waals surface area contributed by atoms with Crippen LogP contribution in [0, 0.1) is 13.8 Å². The number of carbonyl (C=O) groups excluding carboxylic acids is 1. The van der Waals surface area contributed by atoms with Crippen molar-refractivity contribution in [2.24, 2.45) is 0 Å². The van der Waals surface area contributed by atoms with Crippen molar-refractivity contribution in [3.05, 3.63) is 64.2 Å². The number of carbonyl (C=O) groups is 1. The Balaban J connectivity index is 1.97. The molecule has 0 fully saturated rings. The summed E-state index contributed by atoms with van der Waals surface area (Å²) >= 11 is 0. The smallest absolute Gasteiger partial charge is 0.193 e. The van der Waals surface area contributed by atoms with Crippen molar-refractivity contribution in [3.8, 4) is 0 Å². The molecule has 1 heterocycles. The van der Waals surface area contributed by atoms with E-state index in [1.165, 1.54) is 11.1 Å². The maximum Gasteiger partial charge on any atom is 0.193 e. The van der Waals surface area contributed by atoms with Gasteiger partial charge >= 0.3 is 0 Å². The zero-order chi connectivity index (χ0) is 13.4.